The SMILES string of the molecule is O=P(O)(CF)CF. The van der Waals surface area contributed by atoms with Crippen LogP contribution in [0.5, 0.6) is 0 Å². The van der Waals surface area contributed by atoms with Crippen molar-refractivity contribution in [2.24, 2.45) is 0 Å². The fraction of sp³-hybridized carbons (Fsp3) is 1.00. The van der Waals surface area contributed by atoms with E-state index in [1.54, 1.807) is 0 Å². The molecule has 1 N–H and O–H groups in total. The smallest absolute Gasteiger partial charge is 0.260 e. The van der Waals surface area contributed by atoms with Crippen molar-refractivity contribution in [3.63, 3.8) is 0 Å². The summed E-state index contributed by atoms with van der Waals surface area (Å²) in [4.78, 5) is 7.94. The summed E-state index contributed by atoms with van der Waals surface area (Å²) >= 11 is 0. The monoisotopic (exact) mass is 130 g/mol. The molecular weight excluding hydrogens is 125 g/mol. The topological polar surface area (TPSA) is 37.3 Å². The highest BCUT2D eigenvalue weighted by Gasteiger charge is 2.15. The molecule has 7 heavy (non-hydrogen) atoms. The maximum atomic E-state index is 11.0. The van der Waals surface area contributed by atoms with Crippen LogP contribution in [0.3, 0.4) is 0 Å². The molecule has 0 aromatic heterocycles. The minimum Gasteiger partial charge on any atom is -0.341 e. The van der Waals surface area contributed by atoms with Gasteiger partial charge in [0.15, 0.2) is 12.8 Å². The van der Waals surface area contributed by atoms with Crippen molar-refractivity contribution < 1.29 is 18.2 Å². The van der Waals surface area contributed by atoms with Gasteiger partial charge in [0, 0.05) is 0 Å². The van der Waals surface area contributed by atoms with Gasteiger partial charge in [0.2, 0.25) is 0 Å². The Morgan fingerprint density at radius 1 is 1.43 bits per heavy atom. The van der Waals surface area contributed by atoms with Crippen molar-refractivity contribution in [3.05, 3.63) is 0 Å². The van der Waals surface area contributed by atoms with E-state index in [4.69, 9.17) is 4.89 Å². The van der Waals surface area contributed by atoms with Crippen molar-refractivity contribution in [2.75, 3.05) is 12.8 Å². The maximum Gasteiger partial charge on any atom is 0.260 e. The maximum absolute atomic E-state index is 11.0. The molecule has 0 saturated heterocycles. The van der Waals surface area contributed by atoms with Crippen LogP contribution in [0.25, 0.3) is 0 Å². The standard InChI is InChI=1S/C2H5F2O2P/c3-1-7(5,6)2-4/h1-2H2,(H,5,6). The van der Waals surface area contributed by atoms with Gasteiger partial charge in [-0.05, 0) is 0 Å². The van der Waals surface area contributed by atoms with E-state index in [9.17, 15) is 13.3 Å². The molecule has 0 saturated carbocycles. The summed E-state index contributed by atoms with van der Waals surface area (Å²) in [5, 5.41) is 0. The van der Waals surface area contributed by atoms with Crippen LogP contribution in [-0.2, 0) is 4.57 Å². The van der Waals surface area contributed by atoms with Gasteiger partial charge >= 0.3 is 0 Å². The number of rotatable bonds is 2. The summed E-state index contributed by atoms with van der Waals surface area (Å²) in [5.74, 6) is 0. The second kappa shape index (κ2) is 2.38. The van der Waals surface area contributed by atoms with E-state index in [0.717, 1.165) is 0 Å². The fourth-order valence-electron chi connectivity index (χ4n) is 0.0319. The average molecular weight is 130 g/mol. The molecule has 0 unspecified atom stereocenters. The number of hydrogen-bond donors (Lipinski definition) is 1. The molecule has 0 aliphatic rings. The Morgan fingerprint density at radius 3 is 1.71 bits per heavy atom. The van der Waals surface area contributed by atoms with Gasteiger partial charge in [-0.3, -0.25) is 4.57 Å². The molecule has 0 spiro atoms. The molecular formula is C2H5F2O2P. The van der Waals surface area contributed by atoms with Gasteiger partial charge in [-0.25, -0.2) is 8.78 Å². The van der Waals surface area contributed by atoms with Crippen molar-refractivity contribution in [1.29, 1.82) is 0 Å². The van der Waals surface area contributed by atoms with Crippen LogP contribution >= 0.6 is 7.37 Å². The zero-order valence-electron chi connectivity index (χ0n) is 3.47. The first-order chi connectivity index (χ1) is 3.12. The van der Waals surface area contributed by atoms with E-state index in [2.05, 4.69) is 0 Å². The van der Waals surface area contributed by atoms with E-state index in [0.29, 0.717) is 0 Å². The van der Waals surface area contributed by atoms with E-state index < -0.39 is 20.2 Å². The van der Waals surface area contributed by atoms with Crippen LogP contribution in [0.4, 0.5) is 8.78 Å². The average Bonchev–Trinajstić information content (AvgIpc) is 1.68. The van der Waals surface area contributed by atoms with Crippen LogP contribution in [0, 0.1) is 0 Å². The van der Waals surface area contributed by atoms with E-state index >= 15 is 0 Å². The van der Waals surface area contributed by atoms with Gasteiger partial charge in [-0.15, -0.1) is 0 Å². The summed E-state index contributed by atoms with van der Waals surface area (Å²) in [6, 6.07) is 0. The molecule has 0 heterocycles. The third-order valence-corrected chi connectivity index (χ3v) is 1.12. The minimum absolute atomic E-state index is 1.47. The summed E-state index contributed by atoms with van der Waals surface area (Å²) in [6.07, 6.45) is -2.94. The molecule has 0 aromatic carbocycles. The molecule has 5 heteroatoms. The predicted molar refractivity (Wildman–Crippen MR) is 21.8 cm³/mol. The quantitative estimate of drug-likeness (QED) is 0.568. The minimum atomic E-state index is -3.99. The normalized spacial score (nSPS) is 11.9. The summed E-state index contributed by atoms with van der Waals surface area (Å²) in [5.41, 5.74) is 0. The van der Waals surface area contributed by atoms with Gasteiger partial charge in [-0.2, -0.15) is 0 Å². The first-order valence-electron chi connectivity index (χ1n) is 1.55. The Balaban J connectivity index is 3.61. The molecule has 0 aliphatic heterocycles. The lowest BCUT2D eigenvalue weighted by atomic mass is 11.8. The number of hydrogen-bond acceptors (Lipinski definition) is 1. The fourth-order valence-corrected chi connectivity index (χ4v) is 0.0958. The van der Waals surface area contributed by atoms with Gasteiger partial charge in [0.05, 0.1) is 0 Å². The van der Waals surface area contributed by atoms with Crippen LogP contribution in [0.1, 0.15) is 0 Å². The first kappa shape index (κ1) is 7.05. The Hall–Kier alpha value is 0.0500. The number of halogens is 2. The highest BCUT2D eigenvalue weighted by atomic mass is 31.2. The van der Waals surface area contributed by atoms with Crippen molar-refractivity contribution >= 4 is 7.37 Å². The van der Waals surface area contributed by atoms with Crippen molar-refractivity contribution in [3.8, 4) is 0 Å². The van der Waals surface area contributed by atoms with Crippen LogP contribution < -0.4 is 0 Å². The second-order valence-electron chi connectivity index (χ2n) is 1.09. The lowest BCUT2D eigenvalue weighted by Gasteiger charge is -1.95. The van der Waals surface area contributed by atoms with Gasteiger partial charge in [0.25, 0.3) is 7.37 Å². The van der Waals surface area contributed by atoms with E-state index in [1.165, 1.54) is 0 Å². The lowest BCUT2D eigenvalue weighted by molar-refractivity contribution is 0.415. The van der Waals surface area contributed by atoms with Gasteiger partial charge in [-0.1, -0.05) is 0 Å². The molecule has 0 aliphatic carbocycles. The van der Waals surface area contributed by atoms with Crippen LogP contribution in [0.15, 0.2) is 0 Å². The molecule has 2 nitrogen and oxygen atoms in total. The molecule has 0 atom stereocenters. The third-order valence-electron chi connectivity index (χ3n) is 0.374. The van der Waals surface area contributed by atoms with Gasteiger partial charge in [0.1, 0.15) is 0 Å². The molecule has 0 amide bonds. The molecule has 0 aromatic rings. The summed E-state index contributed by atoms with van der Waals surface area (Å²) < 4.78 is 31.8. The van der Waals surface area contributed by atoms with E-state index in [1.807, 2.05) is 0 Å². The Morgan fingerprint density at radius 2 is 1.71 bits per heavy atom. The van der Waals surface area contributed by atoms with Crippen molar-refractivity contribution in [1.82, 2.24) is 0 Å². The Kier molecular flexibility index (Phi) is 2.40. The Bertz CT molecular complexity index is 85.7. The summed E-state index contributed by atoms with van der Waals surface area (Å²) in [7, 11) is -3.99. The van der Waals surface area contributed by atoms with Crippen molar-refractivity contribution in [2.45, 2.75) is 0 Å². The largest absolute Gasteiger partial charge is 0.341 e. The van der Waals surface area contributed by atoms with Crippen LogP contribution in [-0.4, -0.2) is 17.7 Å². The number of alkyl halides is 2. The highest BCUT2D eigenvalue weighted by Crippen LogP contribution is 2.39. The zero-order valence-corrected chi connectivity index (χ0v) is 4.37. The third kappa shape index (κ3) is 2.71. The molecule has 0 rings (SSSR count). The van der Waals surface area contributed by atoms with Gasteiger partial charge < -0.3 is 4.89 Å². The van der Waals surface area contributed by atoms with E-state index in [-0.39, 0.29) is 0 Å². The molecule has 0 bridgehead atoms. The predicted octanol–water partition coefficient (Wildman–Crippen LogP) is 1.11. The second-order valence-corrected chi connectivity index (χ2v) is 3.26. The highest BCUT2D eigenvalue weighted by molar-refractivity contribution is 7.57. The lowest BCUT2D eigenvalue weighted by Crippen LogP contribution is -1.81. The molecule has 44 valence electrons. The first-order valence-corrected chi connectivity index (χ1v) is 3.58. The summed E-state index contributed by atoms with van der Waals surface area (Å²) in [6.45, 7) is 0. The Labute approximate surface area is 39.6 Å². The molecule has 0 fully saturated rings. The van der Waals surface area contributed by atoms with Crippen LogP contribution in [0.2, 0.25) is 0 Å². The molecule has 0 radical (unpaired) electrons. The zero-order chi connectivity index (χ0) is 5.91.